The molecule has 1 heterocycles. The molecule has 2 rings (SSSR count). The van der Waals surface area contributed by atoms with Crippen molar-refractivity contribution in [2.45, 2.75) is 80.8 Å². The largest absolute Gasteiger partial charge is 0.490 e. The summed E-state index contributed by atoms with van der Waals surface area (Å²) in [6.07, 6.45) is 3.11. The van der Waals surface area contributed by atoms with Gasteiger partial charge in [-0.3, -0.25) is 0 Å². The Bertz CT molecular complexity index is 753. The van der Waals surface area contributed by atoms with Crippen molar-refractivity contribution in [3.05, 3.63) is 45.6 Å². The molecular formula is C23H33NO2. The standard InChI is InChI=1S/C23H33NO2/c1-9-19(10-2)25-22-17(7)23(24-18(8)20(22)11-3)26-21-15(5)12-14(4)13-16(21)6/h12-13,19H,9-11H2,1-8H3. The first kappa shape index (κ1) is 20.3. The van der Waals surface area contributed by atoms with Gasteiger partial charge in [0.05, 0.1) is 11.7 Å². The van der Waals surface area contributed by atoms with Crippen LogP contribution in [0.25, 0.3) is 0 Å². The first-order chi connectivity index (χ1) is 12.3. The Kier molecular flexibility index (Phi) is 6.69. The lowest BCUT2D eigenvalue weighted by atomic mass is 10.1. The number of benzene rings is 1. The maximum atomic E-state index is 6.38. The fraction of sp³-hybridized carbons (Fsp3) is 0.522. The molecule has 0 saturated heterocycles. The Labute approximate surface area is 158 Å². The van der Waals surface area contributed by atoms with Crippen LogP contribution in [0.4, 0.5) is 0 Å². The quantitative estimate of drug-likeness (QED) is 0.564. The molecule has 1 aromatic heterocycles. The molecule has 0 unspecified atom stereocenters. The van der Waals surface area contributed by atoms with Gasteiger partial charge in [-0.25, -0.2) is 4.98 Å². The minimum absolute atomic E-state index is 0.219. The Hall–Kier alpha value is -2.03. The van der Waals surface area contributed by atoms with Crippen molar-refractivity contribution in [1.82, 2.24) is 4.98 Å². The van der Waals surface area contributed by atoms with Gasteiger partial charge in [0.25, 0.3) is 0 Å². The summed E-state index contributed by atoms with van der Waals surface area (Å²) in [6, 6.07) is 4.29. The number of aromatic nitrogens is 1. The van der Waals surface area contributed by atoms with Crippen LogP contribution in [0.5, 0.6) is 17.4 Å². The second kappa shape index (κ2) is 8.57. The zero-order valence-electron chi connectivity index (χ0n) is 17.6. The molecule has 2 aromatic rings. The molecule has 0 amide bonds. The van der Waals surface area contributed by atoms with E-state index in [4.69, 9.17) is 14.5 Å². The normalized spacial score (nSPS) is 11.1. The minimum Gasteiger partial charge on any atom is -0.490 e. The van der Waals surface area contributed by atoms with Crippen LogP contribution in [0.1, 0.15) is 67.1 Å². The SMILES string of the molecule is CCc1c(C)nc(Oc2c(C)cc(C)cc2C)c(C)c1OC(CC)CC. The third-order valence-corrected chi connectivity index (χ3v) is 4.99. The summed E-state index contributed by atoms with van der Waals surface area (Å²) >= 11 is 0. The smallest absolute Gasteiger partial charge is 0.226 e. The molecule has 0 bridgehead atoms. The number of hydrogen-bond acceptors (Lipinski definition) is 3. The van der Waals surface area contributed by atoms with Crippen molar-refractivity contribution in [3.8, 4) is 17.4 Å². The molecular weight excluding hydrogens is 322 g/mol. The average Bonchev–Trinajstić information content (AvgIpc) is 2.59. The Balaban J connectivity index is 2.52. The van der Waals surface area contributed by atoms with Crippen molar-refractivity contribution in [3.63, 3.8) is 0 Å². The van der Waals surface area contributed by atoms with Gasteiger partial charge in [-0.2, -0.15) is 0 Å². The van der Waals surface area contributed by atoms with Crippen molar-refractivity contribution in [2.75, 3.05) is 0 Å². The lowest BCUT2D eigenvalue weighted by molar-refractivity contribution is 0.188. The van der Waals surface area contributed by atoms with E-state index in [1.54, 1.807) is 0 Å². The van der Waals surface area contributed by atoms with Gasteiger partial charge < -0.3 is 9.47 Å². The fourth-order valence-electron chi connectivity index (χ4n) is 3.51. The minimum atomic E-state index is 0.219. The van der Waals surface area contributed by atoms with Crippen molar-refractivity contribution >= 4 is 0 Å². The average molecular weight is 356 g/mol. The van der Waals surface area contributed by atoms with Crippen LogP contribution in [0, 0.1) is 34.6 Å². The molecule has 1 aromatic carbocycles. The zero-order valence-corrected chi connectivity index (χ0v) is 17.6. The van der Waals surface area contributed by atoms with Crippen molar-refractivity contribution in [1.29, 1.82) is 0 Å². The van der Waals surface area contributed by atoms with Gasteiger partial charge in [-0.05, 0) is 65.0 Å². The van der Waals surface area contributed by atoms with E-state index >= 15 is 0 Å². The highest BCUT2D eigenvalue weighted by Crippen LogP contribution is 2.37. The second-order valence-electron chi connectivity index (χ2n) is 7.17. The zero-order chi connectivity index (χ0) is 19.4. The van der Waals surface area contributed by atoms with Crippen molar-refractivity contribution < 1.29 is 9.47 Å². The van der Waals surface area contributed by atoms with Crippen LogP contribution < -0.4 is 9.47 Å². The molecule has 0 saturated carbocycles. The topological polar surface area (TPSA) is 31.4 Å². The lowest BCUT2D eigenvalue weighted by Crippen LogP contribution is -2.16. The summed E-state index contributed by atoms with van der Waals surface area (Å²) in [5, 5.41) is 0. The fourth-order valence-corrected chi connectivity index (χ4v) is 3.51. The summed E-state index contributed by atoms with van der Waals surface area (Å²) in [5.41, 5.74) is 6.65. The maximum absolute atomic E-state index is 6.38. The molecule has 0 radical (unpaired) electrons. The third-order valence-electron chi connectivity index (χ3n) is 4.99. The third kappa shape index (κ3) is 4.20. The molecule has 3 nitrogen and oxygen atoms in total. The Morgan fingerprint density at radius 1 is 0.885 bits per heavy atom. The van der Waals surface area contributed by atoms with Crippen LogP contribution >= 0.6 is 0 Å². The van der Waals surface area contributed by atoms with Gasteiger partial charge in [-0.1, -0.05) is 38.5 Å². The predicted molar refractivity (Wildman–Crippen MR) is 109 cm³/mol. The summed E-state index contributed by atoms with van der Waals surface area (Å²) in [6.45, 7) is 16.8. The van der Waals surface area contributed by atoms with Crippen LogP contribution in [0.2, 0.25) is 0 Å². The number of aryl methyl sites for hydroxylation is 4. The molecule has 0 fully saturated rings. The van der Waals surface area contributed by atoms with Crippen LogP contribution in [-0.4, -0.2) is 11.1 Å². The predicted octanol–water partition coefficient (Wildman–Crippen LogP) is 6.55. The number of ether oxygens (including phenoxy) is 2. The van der Waals surface area contributed by atoms with E-state index in [9.17, 15) is 0 Å². The first-order valence-electron chi connectivity index (χ1n) is 9.74. The van der Waals surface area contributed by atoms with Gasteiger partial charge in [0, 0.05) is 11.3 Å². The number of nitrogens with zero attached hydrogens (tertiary/aromatic N) is 1. The molecule has 0 aliphatic rings. The van der Waals surface area contributed by atoms with E-state index in [0.717, 1.165) is 53.1 Å². The molecule has 0 atom stereocenters. The van der Waals surface area contributed by atoms with Crippen molar-refractivity contribution in [2.24, 2.45) is 0 Å². The summed E-state index contributed by atoms with van der Waals surface area (Å²) < 4.78 is 12.7. The first-order valence-corrected chi connectivity index (χ1v) is 9.74. The van der Waals surface area contributed by atoms with Crippen LogP contribution in [0.15, 0.2) is 12.1 Å². The number of rotatable bonds is 7. The highest BCUT2D eigenvalue weighted by atomic mass is 16.5. The van der Waals surface area contributed by atoms with E-state index in [0.29, 0.717) is 5.88 Å². The van der Waals surface area contributed by atoms with Crippen LogP contribution in [0.3, 0.4) is 0 Å². The van der Waals surface area contributed by atoms with E-state index in [2.05, 4.69) is 60.6 Å². The Morgan fingerprint density at radius 2 is 1.46 bits per heavy atom. The summed E-state index contributed by atoms with van der Waals surface area (Å²) in [4.78, 5) is 4.76. The molecule has 0 aliphatic heterocycles. The molecule has 0 aliphatic carbocycles. The van der Waals surface area contributed by atoms with Gasteiger partial charge in [0.2, 0.25) is 5.88 Å². The molecule has 142 valence electrons. The molecule has 0 N–H and O–H groups in total. The second-order valence-corrected chi connectivity index (χ2v) is 7.17. The highest BCUT2D eigenvalue weighted by molar-refractivity contribution is 5.51. The molecule has 3 heteroatoms. The van der Waals surface area contributed by atoms with Crippen LogP contribution in [-0.2, 0) is 6.42 Å². The van der Waals surface area contributed by atoms with Gasteiger partial charge in [-0.15, -0.1) is 0 Å². The summed E-state index contributed by atoms with van der Waals surface area (Å²) in [5.74, 6) is 2.49. The van der Waals surface area contributed by atoms with Gasteiger partial charge >= 0.3 is 0 Å². The van der Waals surface area contributed by atoms with E-state index in [1.165, 1.54) is 11.1 Å². The van der Waals surface area contributed by atoms with E-state index in [-0.39, 0.29) is 6.10 Å². The van der Waals surface area contributed by atoms with Gasteiger partial charge in [0.15, 0.2) is 0 Å². The Morgan fingerprint density at radius 3 is 1.96 bits per heavy atom. The van der Waals surface area contributed by atoms with E-state index in [1.807, 2.05) is 6.92 Å². The van der Waals surface area contributed by atoms with E-state index < -0.39 is 0 Å². The number of pyridine rings is 1. The molecule has 26 heavy (non-hydrogen) atoms. The lowest BCUT2D eigenvalue weighted by Gasteiger charge is -2.23. The number of hydrogen-bond donors (Lipinski definition) is 0. The maximum Gasteiger partial charge on any atom is 0.226 e. The summed E-state index contributed by atoms with van der Waals surface area (Å²) in [7, 11) is 0. The van der Waals surface area contributed by atoms with Gasteiger partial charge in [0.1, 0.15) is 11.5 Å². The monoisotopic (exact) mass is 355 g/mol. The molecule has 0 spiro atoms. The highest BCUT2D eigenvalue weighted by Gasteiger charge is 2.20.